The van der Waals surface area contributed by atoms with Crippen LogP contribution in [0.3, 0.4) is 0 Å². The van der Waals surface area contributed by atoms with E-state index in [1.807, 2.05) is 37.3 Å². The van der Waals surface area contributed by atoms with Crippen LogP contribution >= 0.6 is 27.3 Å². The third-order valence-electron chi connectivity index (χ3n) is 2.99. The molecule has 0 aliphatic rings. The van der Waals surface area contributed by atoms with Gasteiger partial charge in [-0.2, -0.15) is 0 Å². The number of anilines is 2. The Balaban J connectivity index is 1.95. The van der Waals surface area contributed by atoms with Gasteiger partial charge in [0.05, 0.1) is 10.4 Å². The number of aromatic nitrogens is 1. The van der Waals surface area contributed by atoms with Crippen LogP contribution in [-0.2, 0) is 0 Å². The van der Waals surface area contributed by atoms with Crippen LogP contribution in [0.1, 0.15) is 15.2 Å². The summed E-state index contributed by atoms with van der Waals surface area (Å²) in [6, 6.07) is 9.48. The van der Waals surface area contributed by atoms with Crippen molar-refractivity contribution in [3.8, 4) is 0 Å². The summed E-state index contributed by atoms with van der Waals surface area (Å²) in [5, 5.41) is 2.88. The summed E-state index contributed by atoms with van der Waals surface area (Å²) >= 11 is 4.77. The van der Waals surface area contributed by atoms with Crippen molar-refractivity contribution in [1.29, 1.82) is 0 Å². The number of carbonyl (C=O) groups excluding carboxylic acids is 1. The van der Waals surface area contributed by atoms with E-state index in [0.29, 0.717) is 16.1 Å². The lowest BCUT2D eigenvalue weighted by molar-refractivity contribution is 0.103. The van der Waals surface area contributed by atoms with Gasteiger partial charge in [-0.1, -0.05) is 15.9 Å². The van der Waals surface area contributed by atoms with Crippen LogP contribution in [0.15, 0.2) is 41.0 Å². The van der Waals surface area contributed by atoms with E-state index >= 15 is 0 Å². The third-order valence-corrected chi connectivity index (χ3v) is 4.61. The lowest BCUT2D eigenvalue weighted by Crippen LogP contribution is -2.12. The van der Waals surface area contributed by atoms with Crippen molar-refractivity contribution in [2.24, 2.45) is 0 Å². The van der Waals surface area contributed by atoms with Crippen molar-refractivity contribution in [2.45, 2.75) is 6.92 Å². The highest BCUT2D eigenvalue weighted by atomic mass is 79.9. The molecule has 2 heterocycles. The number of carbonyl (C=O) groups is 1. The Bertz CT molecular complexity index is 824. The molecule has 0 unspecified atom stereocenters. The third kappa shape index (κ3) is 2.77. The van der Waals surface area contributed by atoms with Crippen molar-refractivity contribution >= 4 is 54.8 Å². The largest absolute Gasteiger partial charge is 0.396 e. The molecule has 0 spiro atoms. The molecule has 0 aliphatic carbocycles. The average molecular weight is 362 g/mol. The molecular weight excluding hydrogens is 350 g/mol. The number of nitrogens with one attached hydrogen (secondary N) is 1. The zero-order chi connectivity index (χ0) is 15.0. The van der Waals surface area contributed by atoms with Crippen molar-refractivity contribution in [2.75, 3.05) is 11.1 Å². The SMILES string of the molecule is Cc1cc(Br)cc(NC(=O)c2sc3cccnc3c2N)c1. The van der Waals surface area contributed by atoms with Gasteiger partial charge in [0.2, 0.25) is 0 Å². The van der Waals surface area contributed by atoms with Gasteiger partial charge in [0.1, 0.15) is 10.4 Å². The van der Waals surface area contributed by atoms with Gasteiger partial charge in [0.15, 0.2) is 0 Å². The molecule has 21 heavy (non-hydrogen) atoms. The lowest BCUT2D eigenvalue weighted by atomic mass is 10.2. The van der Waals surface area contributed by atoms with Crippen molar-refractivity contribution < 1.29 is 4.79 Å². The molecule has 0 aliphatic heterocycles. The molecule has 6 heteroatoms. The second-order valence-electron chi connectivity index (χ2n) is 4.67. The molecule has 1 aromatic carbocycles. The Labute approximate surface area is 134 Å². The topological polar surface area (TPSA) is 68.0 Å². The van der Waals surface area contributed by atoms with Gasteiger partial charge in [-0.15, -0.1) is 11.3 Å². The quantitative estimate of drug-likeness (QED) is 0.718. The van der Waals surface area contributed by atoms with E-state index in [2.05, 4.69) is 26.2 Å². The minimum absolute atomic E-state index is 0.215. The second kappa shape index (κ2) is 5.46. The number of rotatable bonds is 2. The van der Waals surface area contributed by atoms with Gasteiger partial charge in [-0.05, 0) is 42.8 Å². The summed E-state index contributed by atoms with van der Waals surface area (Å²) in [5.74, 6) is -0.215. The van der Waals surface area contributed by atoms with Gasteiger partial charge < -0.3 is 11.1 Å². The number of aryl methyl sites for hydroxylation is 1. The fourth-order valence-corrected chi connectivity index (χ4v) is 3.70. The number of hydrogen-bond donors (Lipinski definition) is 2. The van der Waals surface area contributed by atoms with E-state index in [4.69, 9.17) is 5.73 Å². The number of benzene rings is 1. The van der Waals surface area contributed by atoms with E-state index in [0.717, 1.165) is 20.4 Å². The highest BCUT2D eigenvalue weighted by Gasteiger charge is 2.17. The Morgan fingerprint density at radius 3 is 2.90 bits per heavy atom. The van der Waals surface area contributed by atoms with Crippen LogP contribution in [-0.4, -0.2) is 10.9 Å². The van der Waals surface area contributed by atoms with E-state index in [1.165, 1.54) is 11.3 Å². The van der Waals surface area contributed by atoms with Crippen LogP contribution in [0.2, 0.25) is 0 Å². The van der Waals surface area contributed by atoms with Crippen molar-refractivity contribution in [3.05, 3.63) is 51.4 Å². The van der Waals surface area contributed by atoms with Gasteiger partial charge in [-0.3, -0.25) is 9.78 Å². The Morgan fingerprint density at radius 1 is 1.38 bits per heavy atom. The molecule has 3 N–H and O–H groups in total. The predicted molar refractivity (Wildman–Crippen MR) is 90.9 cm³/mol. The first-order valence-corrected chi connectivity index (χ1v) is 7.87. The van der Waals surface area contributed by atoms with Crippen LogP contribution in [0, 0.1) is 6.92 Å². The van der Waals surface area contributed by atoms with E-state index < -0.39 is 0 Å². The molecule has 0 saturated carbocycles. The van der Waals surface area contributed by atoms with Gasteiger partial charge in [0, 0.05) is 16.4 Å². The fraction of sp³-hybridized carbons (Fsp3) is 0.0667. The molecule has 0 atom stereocenters. The molecule has 3 aromatic rings. The molecule has 3 rings (SSSR count). The second-order valence-corrected chi connectivity index (χ2v) is 6.63. The number of hydrogen-bond acceptors (Lipinski definition) is 4. The van der Waals surface area contributed by atoms with Gasteiger partial charge >= 0.3 is 0 Å². The maximum atomic E-state index is 12.4. The zero-order valence-corrected chi connectivity index (χ0v) is 13.6. The Hall–Kier alpha value is -1.92. The zero-order valence-electron chi connectivity index (χ0n) is 11.2. The smallest absolute Gasteiger partial charge is 0.267 e. The molecule has 0 fully saturated rings. The summed E-state index contributed by atoms with van der Waals surface area (Å²) in [7, 11) is 0. The van der Waals surface area contributed by atoms with Gasteiger partial charge in [-0.25, -0.2) is 0 Å². The fourth-order valence-electron chi connectivity index (χ4n) is 2.11. The van der Waals surface area contributed by atoms with E-state index in [1.54, 1.807) is 6.20 Å². The predicted octanol–water partition coefficient (Wildman–Crippen LogP) is 4.20. The summed E-state index contributed by atoms with van der Waals surface area (Å²) in [6.45, 7) is 1.97. The van der Waals surface area contributed by atoms with E-state index in [-0.39, 0.29) is 5.91 Å². The number of thiophene rings is 1. The molecule has 1 amide bonds. The summed E-state index contributed by atoms with van der Waals surface area (Å²) in [4.78, 5) is 17.1. The number of nitrogen functional groups attached to an aromatic ring is 1. The average Bonchev–Trinajstić information content (AvgIpc) is 2.76. The van der Waals surface area contributed by atoms with Crippen molar-refractivity contribution in [1.82, 2.24) is 4.98 Å². The molecule has 0 saturated heterocycles. The van der Waals surface area contributed by atoms with E-state index in [9.17, 15) is 4.79 Å². The normalized spacial score (nSPS) is 10.8. The first kappa shape index (κ1) is 14.0. The summed E-state index contributed by atoms with van der Waals surface area (Å²) in [6.07, 6.45) is 1.67. The van der Waals surface area contributed by atoms with Crippen LogP contribution in [0.5, 0.6) is 0 Å². The Kier molecular flexibility index (Phi) is 3.65. The first-order valence-electron chi connectivity index (χ1n) is 6.26. The van der Waals surface area contributed by atoms with Crippen LogP contribution in [0.4, 0.5) is 11.4 Å². The number of nitrogens with two attached hydrogens (primary N) is 1. The number of halogens is 1. The summed E-state index contributed by atoms with van der Waals surface area (Å²) in [5.41, 5.74) is 8.93. The maximum Gasteiger partial charge on any atom is 0.267 e. The van der Waals surface area contributed by atoms with Crippen LogP contribution < -0.4 is 11.1 Å². The molecule has 106 valence electrons. The van der Waals surface area contributed by atoms with Crippen molar-refractivity contribution in [3.63, 3.8) is 0 Å². The number of fused-ring (bicyclic) bond motifs is 1. The lowest BCUT2D eigenvalue weighted by Gasteiger charge is -2.06. The standard InChI is InChI=1S/C15H12BrN3OS/c1-8-5-9(16)7-10(6-8)19-15(20)14-12(17)13-11(21-14)3-2-4-18-13/h2-7H,17H2,1H3,(H,19,20). The monoisotopic (exact) mass is 361 g/mol. The number of nitrogens with zero attached hydrogens (tertiary/aromatic N) is 1. The molecule has 0 bridgehead atoms. The molecule has 0 radical (unpaired) electrons. The molecular formula is C15H12BrN3OS. The minimum Gasteiger partial charge on any atom is -0.396 e. The number of pyridine rings is 1. The van der Waals surface area contributed by atoms with Crippen LogP contribution in [0.25, 0.3) is 10.2 Å². The highest BCUT2D eigenvalue weighted by Crippen LogP contribution is 2.32. The first-order chi connectivity index (χ1) is 10.0. The molecule has 4 nitrogen and oxygen atoms in total. The highest BCUT2D eigenvalue weighted by molar-refractivity contribution is 9.10. The summed E-state index contributed by atoms with van der Waals surface area (Å²) < 4.78 is 1.83. The van der Waals surface area contributed by atoms with Gasteiger partial charge in [0.25, 0.3) is 5.91 Å². The Morgan fingerprint density at radius 2 is 2.19 bits per heavy atom. The number of amides is 1. The molecule has 2 aromatic heterocycles. The minimum atomic E-state index is -0.215. The maximum absolute atomic E-state index is 12.4.